The fraction of sp³-hybridized carbons (Fsp3) is 0.346. The average Bonchev–Trinajstić information content (AvgIpc) is 3.28. The van der Waals surface area contributed by atoms with Gasteiger partial charge in [-0.3, -0.25) is 0 Å². The Morgan fingerprint density at radius 1 is 0.970 bits per heavy atom. The van der Waals surface area contributed by atoms with Crippen LogP contribution in [0.5, 0.6) is 0 Å². The van der Waals surface area contributed by atoms with Gasteiger partial charge in [-0.05, 0) is 47.7 Å². The van der Waals surface area contributed by atoms with Gasteiger partial charge in [0.1, 0.15) is 11.6 Å². The molecule has 0 aliphatic carbocycles. The summed E-state index contributed by atoms with van der Waals surface area (Å²) in [6, 6.07) is 21.0. The Morgan fingerprint density at radius 3 is 2.33 bits per heavy atom. The lowest BCUT2D eigenvalue weighted by Gasteiger charge is -2.32. The normalized spacial score (nSPS) is 17.5. The second-order valence-electron chi connectivity index (χ2n) is 9.02. The summed E-state index contributed by atoms with van der Waals surface area (Å²) in [5, 5.41) is 7.03. The van der Waals surface area contributed by atoms with E-state index in [1.807, 2.05) is 18.2 Å². The molecule has 0 unspecified atom stereocenters. The molecule has 1 saturated heterocycles. The van der Waals surface area contributed by atoms with E-state index in [0.717, 1.165) is 37.8 Å². The number of aromatic nitrogens is 2. The van der Waals surface area contributed by atoms with E-state index in [-0.39, 0.29) is 0 Å². The zero-order valence-electron chi connectivity index (χ0n) is 19.0. The molecule has 7 heteroatoms. The van der Waals surface area contributed by atoms with Crippen LogP contribution < -0.4 is 20.4 Å². The molecule has 0 spiro atoms. The van der Waals surface area contributed by atoms with Crippen molar-refractivity contribution in [2.75, 3.05) is 28.2 Å². The molecule has 33 heavy (non-hydrogen) atoms. The predicted octanol–water partition coefficient (Wildman–Crippen LogP) is 4.72. The van der Waals surface area contributed by atoms with Gasteiger partial charge in [0.2, 0.25) is 5.95 Å². The first-order valence-corrected chi connectivity index (χ1v) is 12.1. The lowest BCUT2D eigenvalue weighted by Crippen LogP contribution is -2.35. The van der Waals surface area contributed by atoms with Crippen LogP contribution in [0, 0.1) is 5.92 Å². The molecule has 0 saturated carbocycles. The van der Waals surface area contributed by atoms with Crippen molar-refractivity contribution in [2.24, 2.45) is 5.92 Å². The fourth-order valence-electron chi connectivity index (χ4n) is 4.62. The Kier molecular flexibility index (Phi) is 6.39. The molecular weight excluding hydrogens is 428 g/mol. The largest absolute Gasteiger partial charge is 0.358 e. The maximum absolute atomic E-state index is 5.56. The van der Waals surface area contributed by atoms with Crippen LogP contribution >= 0.6 is 12.2 Å². The number of thiocarbonyl (C=S) groups is 1. The SMILES string of the molecule is C[C@@H]1CCCN(c2cc(N3Cc4ccccc4C3)nc(NC(=S)NCc3ccccc3)n2)C1. The highest BCUT2D eigenvalue weighted by Gasteiger charge is 2.24. The van der Waals surface area contributed by atoms with Crippen molar-refractivity contribution in [1.29, 1.82) is 0 Å². The third kappa shape index (κ3) is 5.25. The summed E-state index contributed by atoms with van der Waals surface area (Å²) >= 11 is 5.56. The minimum atomic E-state index is 0.527. The Labute approximate surface area is 201 Å². The molecular formula is C26H30N6S. The molecule has 0 amide bonds. The summed E-state index contributed by atoms with van der Waals surface area (Å²) < 4.78 is 0. The second-order valence-corrected chi connectivity index (χ2v) is 9.43. The van der Waals surface area contributed by atoms with Gasteiger partial charge in [-0.15, -0.1) is 0 Å². The smallest absolute Gasteiger partial charge is 0.232 e. The first-order chi connectivity index (χ1) is 16.1. The lowest BCUT2D eigenvalue weighted by molar-refractivity contribution is 0.444. The third-order valence-corrected chi connectivity index (χ3v) is 6.61. The lowest BCUT2D eigenvalue weighted by atomic mass is 10.0. The van der Waals surface area contributed by atoms with Crippen LogP contribution in [0.15, 0.2) is 60.7 Å². The minimum Gasteiger partial charge on any atom is -0.358 e. The molecule has 0 radical (unpaired) electrons. The Balaban J connectivity index is 1.36. The molecule has 1 aromatic heterocycles. The maximum Gasteiger partial charge on any atom is 0.232 e. The van der Waals surface area contributed by atoms with Gasteiger partial charge in [-0.2, -0.15) is 9.97 Å². The van der Waals surface area contributed by atoms with Gasteiger partial charge in [-0.1, -0.05) is 61.5 Å². The van der Waals surface area contributed by atoms with Crippen LogP contribution in [-0.2, 0) is 19.6 Å². The molecule has 170 valence electrons. The number of rotatable bonds is 5. The minimum absolute atomic E-state index is 0.527. The van der Waals surface area contributed by atoms with Crippen LogP contribution in [0.4, 0.5) is 17.6 Å². The van der Waals surface area contributed by atoms with Crippen molar-refractivity contribution >= 4 is 34.9 Å². The molecule has 2 aromatic carbocycles. The van der Waals surface area contributed by atoms with E-state index in [1.165, 1.54) is 29.5 Å². The van der Waals surface area contributed by atoms with Gasteiger partial charge in [0.25, 0.3) is 0 Å². The summed E-state index contributed by atoms with van der Waals surface area (Å²) in [4.78, 5) is 14.4. The monoisotopic (exact) mass is 458 g/mol. The van der Waals surface area contributed by atoms with E-state index >= 15 is 0 Å². The maximum atomic E-state index is 5.56. The second kappa shape index (κ2) is 9.75. The van der Waals surface area contributed by atoms with E-state index < -0.39 is 0 Å². The third-order valence-electron chi connectivity index (χ3n) is 6.37. The Morgan fingerprint density at radius 2 is 1.64 bits per heavy atom. The van der Waals surface area contributed by atoms with Gasteiger partial charge in [-0.25, -0.2) is 0 Å². The van der Waals surface area contributed by atoms with Crippen molar-refractivity contribution in [3.8, 4) is 0 Å². The number of nitrogens with zero attached hydrogens (tertiary/aromatic N) is 4. The Bertz CT molecular complexity index is 1090. The topological polar surface area (TPSA) is 56.3 Å². The van der Waals surface area contributed by atoms with Crippen LogP contribution in [0.1, 0.15) is 36.5 Å². The molecule has 0 bridgehead atoms. The quantitative estimate of drug-likeness (QED) is 0.537. The molecule has 1 atom stereocenters. The number of hydrogen-bond acceptors (Lipinski definition) is 5. The molecule has 3 aromatic rings. The van der Waals surface area contributed by atoms with E-state index in [2.05, 4.69) is 69.8 Å². The van der Waals surface area contributed by atoms with Gasteiger partial charge in [0, 0.05) is 38.8 Å². The summed E-state index contributed by atoms with van der Waals surface area (Å²) in [7, 11) is 0. The highest BCUT2D eigenvalue weighted by atomic mass is 32.1. The number of hydrogen-bond donors (Lipinski definition) is 2. The molecule has 2 aliphatic heterocycles. The zero-order valence-corrected chi connectivity index (χ0v) is 19.8. The highest BCUT2D eigenvalue weighted by molar-refractivity contribution is 7.80. The average molecular weight is 459 g/mol. The van der Waals surface area contributed by atoms with Gasteiger partial charge >= 0.3 is 0 Å². The summed E-state index contributed by atoms with van der Waals surface area (Å²) in [6.07, 6.45) is 2.46. The van der Waals surface area contributed by atoms with Crippen molar-refractivity contribution in [3.63, 3.8) is 0 Å². The molecule has 6 nitrogen and oxygen atoms in total. The standard InChI is InChI=1S/C26H30N6S/c1-19-8-7-13-31(16-19)23-14-24(32-17-21-11-5-6-12-22(21)18-32)29-25(28-23)30-26(33)27-15-20-9-3-2-4-10-20/h2-6,9-12,14,19H,7-8,13,15-18H2,1H3,(H2,27,28,29,30,33)/t19-/m1/s1. The van der Waals surface area contributed by atoms with E-state index in [4.69, 9.17) is 22.2 Å². The number of benzene rings is 2. The number of anilines is 3. The van der Waals surface area contributed by atoms with Crippen LogP contribution in [0.3, 0.4) is 0 Å². The molecule has 3 heterocycles. The van der Waals surface area contributed by atoms with Crippen molar-refractivity contribution in [3.05, 3.63) is 77.4 Å². The van der Waals surface area contributed by atoms with E-state index in [9.17, 15) is 0 Å². The number of piperidine rings is 1. The van der Waals surface area contributed by atoms with Gasteiger partial charge in [0.05, 0.1) is 0 Å². The van der Waals surface area contributed by atoms with E-state index in [0.29, 0.717) is 23.5 Å². The fourth-order valence-corrected chi connectivity index (χ4v) is 4.78. The molecule has 5 rings (SSSR count). The van der Waals surface area contributed by atoms with Crippen LogP contribution in [0.2, 0.25) is 0 Å². The summed E-state index contributed by atoms with van der Waals surface area (Å²) in [5.74, 6) is 3.11. The molecule has 2 aliphatic rings. The molecule has 2 N–H and O–H groups in total. The first kappa shape index (κ1) is 21.6. The van der Waals surface area contributed by atoms with Gasteiger partial charge in [0.15, 0.2) is 5.11 Å². The predicted molar refractivity (Wildman–Crippen MR) is 138 cm³/mol. The summed E-state index contributed by atoms with van der Waals surface area (Å²) in [5.41, 5.74) is 3.90. The summed E-state index contributed by atoms with van der Waals surface area (Å²) in [6.45, 7) is 6.74. The van der Waals surface area contributed by atoms with Gasteiger partial charge < -0.3 is 20.4 Å². The number of nitrogens with one attached hydrogen (secondary N) is 2. The number of fused-ring (bicyclic) bond motifs is 1. The van der Waals surface area contributed by atoms with Crippen LogP contribution in [-0.4, -0.2) is 28.2 Å². The van der Waals surface area contributed by atoms with Crippen molar-refractivity contribution < 1.29 is 0 Å². The van der Waals surface area contributed by atoms with Crippen molar-refractivity contribution in [1.82, 2.24) is 15.3 Å². The zero-order chi connectivity index (χ0) is 22.6. The first-order valence-electron chi connectivity index (χ1n) is 11.7. The Hall–Kier alpha value is -3.19. The van der Waals surface area contributed by atoms with E-state index in [1.54, 1.807) is 0 Å². The van der Waals surface area contributed by atoms with Crippen LogP contribution in [0.25, 0.3) is 0 Å². The highest BCUT2D eigenvalue weighted by Crippen LogP contribution is 2.31. The van der Waals surface area contributed by atoms with Crippen molar-refractivity contribution in [2.45, 2.75) is 39.4 Å². The molecule has 1 fully saturated rings.